The van der Waals surface area contributed by atoms with Crippen LogP contribution in [0.25, 0.3) is 11.3 Å². The topological polar surface area (TPSA) is 59.1 Å². The SMILES string of the molecule is COCCNc1nc(Nc2ccccc2Cl)cc(-c2ccccc2)n1. The first-order chi connectivity index (χ1) is 12.3. The van der Waals surface area contributed by atoms with Crippen molar-refractivity contribution in [2.24, 2.45) is 0 Å². The first kappa shape index (κ1) is 17.2. The van der Waals surface area contributed by atoms with Crippen LogP contribution in [0.1, 0.15) is 0 Å². The van der Waals surface area contributed by atoms with Crippen LogP contribution in [-0.4, -0.2) is 30.2 Å². The first-order valence-electron chi connectivity index (χ1n) is 7.95. The summed E-state index contributed by atoms with van der Waals surface area (Å²) in [5.41, 5.74) is 2.64. The number of benzene rings is 2. The van der Waals surface area contributed by atoms with E-state index in [4.69, 9.17) is 16.3 Å². The van der Waals surface area contributed by atoms with E-state index in [2.05, 4.69) is 20.6 Å². The number of methoxy groups -OCH3 is 1. The van der Waals surface area contributed by atoms with Crippen molar-refractivity contribution in [2.45, 2.75) is 0 Å². The predicted molar refractivity (Wildman–Crippen MR) is 103 cm³/mol. The van der Waals surface area contributed by atoms with Crippen LogP contribution in [-0.2, 0) is 4.74 Å². The standard InChI is InChI=1S/C19H19ClN4O/c1-25-12-11-21-19-23-17(14-7-3-2-4-8-14)13-18(24-19)22-16-10-6-5-9-15(16)20/h2-10,13H,11-12H2,1H3,(H2,21,22,23,24). The Labute approximate surface area is 152 Å². The number of hydrogen-bond acceptors (Lipinski definition) is 5. The molecule has 0 radical (unpaired) electrons. The summed E-state index contributed by atoms with van der Waals surface area (Å²) in [6, 6.07) is 19.4. The molecule has 0 unspecified atom stereocenters. The second kappa shape index (κ2) is 8.46. The molecule has 2 aromatic carbocycles. The van der Waals surface area contributed by atoms with Gasteiger partial charge in [0.05, 0.1) is 23.0 Å². The molecule has 0 spiro atoms. The van der Waals surface area contributed by atoms with Crippen LogP contribution in [0.5, 0.6) is 0 Å². The third kappa shape index (κ3) is 4.68. The molecule has 0 aliphatic rings. The lowest BCUT2D eigenvalue weighted by Gasteiger charge is -2.12. The molecule has 2 N–H and O–H groups in total. The quantitative estimate of drug-likeness (QED) is 0.607. The zero-order valence-electron chi connectivity index (χ0n) is 13.9. The summed E-state index contributed by atoms with van der Waals surface area (Å²) < 4.78 is 5.07. The maximum Gasteiger partial charge on any atom is 0.225 e. The summed E-state index contributed by atoms with van der Waals surface area (Å²) in [7, 11) is 1.66. The van der Waals surface area contributed by atoms with Gasteiger partial charge in [-0.25, -0.2) is 4.98 Å². The van der Waals surface area contributed by atoms with Gasteiger partial charge in [-0.1, -0.05) is 54.1 Å². The molecule has 3 rings (SSSR count). The van der Waals surface area contributed by atoms with E-state index >= 15 is 0 Å². The molecule has 0 fully saturated rings. The van der Waals surface area contributed by atoms with Crippen molar-refractivity contribution in [1.29, 1.82) is 0 Å². The zero-order chi connectivity index (χ0) is 17.5. The van der Waals surface area contributed by atoms with Crippen molar-refractivity contribution < 1.29 is 4.74 Å². The number of rotatable bonds is 7. The number of para-hydroxylation sites is 1. The Kier molecular flexibility index (Phi) is 5.82. The number of aromatic nitrogens is 2. The summed E-state index contributed by atoms with van der Waals surface area (Å²) in [6.45, 7) is 1.20. The third-order valence-corrected chi connectivity index (χ3v) is 3.85. The Bertz CT molecular complexity index is 827. The van der Waals surface area contributed by atoms with Crippen molar-refractivity contribution in [3.63, 3.8) is 0 Å². The first-order valence-corrected chi connectivity index (χ1v) is 8.33. The van der Waals surface area contributed by atoms with Crippen LogP contribution in [0.4, 0.5) is 17.5 Å². The monoisotopic (exact) mass is 354 g/mol. The van der Waals surface area contributed by atoms with Gasteiger partial charge < -0.3 is 15.4 Å². The molecule has 1 aromatic heterocycles. The summed E-state index contributed by atoms with van der Waals surface area (Å²) in [4.78, 5) is 9.11. The molecule has 25 heavy (non-hydrogen) atoms. The molecule has 5 nitrogen and oxygen atoms in total. The van der Waals surface area contributed by atoms with Gasteiger partial charge >= 0.3 is 0 Å². The van der Waals surface area contributed by atoms with E-state index < -0.39 is 0 Å². The van der Waals surface area contributed by atoms with E-state index in [1.54, 1.807) is 7.11 Å². The Hall–Kier alpha value is -2.63. The lowest BCUT2D eigenvalue weighted by Crippen LogP contribution is -2.11. The number of nitrogens with one attached hydrogen (secondary N) is 2. The van der Waals surface area contributed by atoms with Gasteiger partial charge in [0.1, 0.15) is 5.82 Å². The Morgan fingerprint density at radius 2 is 1.76 bits per heavy atom. The van der Waals surface area contributed by atoms with E-state index in [1.807, 2.05) is 60.7 Å². The fourth-order valence-corrected chi connectivity index (χ4v) is 2.50. The molecule has 6 heteroatoms. The largest absolute Gasteiger partial charge is 0.383 e. The average molecular weight is 355 g/mol. The van der Waals surface area contributed by atoms with Crippen LogP contribution in [0.3, 0.4) is 0 Å². The Morgan fingerprint density at radius 1 is 1.00 bits per heavy atom. The van der Waals surface area contributed by atoms with E-state index in [0.717, 1.165) is 16.9 Å². The lowest BCUT2D eigenvalue weighted by atomic mass is 10.1. The number of anilines is 3. The molecule has 0 saturated heterocycles. The van der Waals surface area contributed by atoms with Crippen LogP contribution in [0, 0.1) is 0 Å². The van der Waals surface area contributed by atoms with Crippen molar-refractivity contribution in [1.82, 2.24) is 9.97 Å². The van der Waals surface area contributed by atoms with Gasteiger partial charge in [-0.3, -0.25) is 0 Å². The lowest BCUT2D eigenvalue weighted by molar-refractivity contribution is 0.210. The molecular weight excluding hydrogens is 336 g/mol. The van der Waals surface area contributed by atoms with Crippen molar-refractivity contribution in [3.05, 3.63) is 65.7 Å². The van der Waals surface area contributed by atoms with Gasteiger partial charge in [0.15, 0.2) is 0 Å². The molecule has 3 aromatic rings. The Balaban J connectivity index is 1.93. The van der Waals surface area contributed by atoms with E-state index in [1.165, 1.54) is 0 Å². The van der Waals surface area contributed by atoms with Crippen LogP contribution >= 0.6 is 11.6 Å². The van der Waals surface area contributed by atoms with Crippen molar-refractivity contribution in [2.75, 3.05) is 30.9 Å². The molecule has 0 saturated carbocycles. The van der Waals surface area contributed by atoms with Gasteiger partial charge in [-0.2, -0.15) is 4.98 Å². The van der Waals surface area contributed by atoms with Crippen LogP contribution in [0.15, 0.2) is 60.7 Å². The fraction of sp³-hybridized carbons (Fsp3) is 0.158. The molecular formula is C19H19ClN4O. The summed E-state index contributed by atoms with van der Waals surface area (Å²) >= 11 is 6.24. The van der Waals surface area contributed by atoms with Crippen molar-refractivity contribution >= 4 is 29.1 Å². The summed E-state index contributed by atoms with van der Waals surface area (Å²) in [5.74, 6) is 1.20. The zero-order valence-corrected chi connectivity index (χ0v) is 14.6. The Morgan fingerprint density at radius 3 is 2.52 bits per heavy atom. The highest BCUT2D eigenvalue weighted by molar-refractivity contribution is 6.33. The highest BCUT2D eigenvalue weighted by Gasteiger charge is 2.08. The van der Waals surface area contributed by atoms with Gasteiger partial charge in [0.2, 0.25) is 5.95 Å². The maximum atomic E-state index is 6.24. The number of hydrogen-bond donors (Lipinski definition) is 2. The minimum atomic E-state index is 0.535. The van der Waals surface area contributed by atoms with E-state index in [0.29, 0.717) is 29.9 Å². The van der Waals surface area contributed by atoms with Gasteiger partial charge in [-0.05, 0) is 12.1 Å². The van der Waals surface area contributed by atoms with Crippen LogP contribution in [0.2, 0.25) is 5.02 Å². The number of nitrogens with zero attached hydrogens (tertiary/aromatic N) is 2. The molecule has 128 valence electrons. The van der Waals surface area contributed by atoms with Gasteiger partial charge in [0, 0.05) is 25.3 Å². The second-order valence-electron chi connectivity index (χ2n) is 5.35. The van der Waals surface area contributed by atoms with Crippen LogP contribution < -0.4 is 10.6 Å². The normalized spacial score (nSPS) is 10.5. The average Bonchev–Trinajstić information content (AvgIpc) is 2.64. The maximum absolute atomic E-state index is 6.24. The molecule has 1 heterocycles. The second-order valence-corrected chi connectivity index (χ2v) is 5.76. The van der Waals surface area contributed by atoms with E-state index in [9.17, 15) is 0 Å². The predicted octanol–water partition coefficient (Wildman–Crippen LogP) is 4.60. The minimum absolute atomic E-state index is 0.535. The third-order valence-electron chi connectivity index (χ3n) is 3.52. The summed E-state index contributed by atoms with van der Waals surface area (Å²) in [5, 5.41) is 7.07. The summed E-state index contributed by atoms with van der Waals surface area (Å²) in [6.07, 6.45) is 0. The number of ether oxygens (including phenoxy) is 1. The molecule has 0 bridgehead atoms. The number of halogens is 1. The fourth-order valence-electron chi connectivity index (χ4n) is 2.31. The smallest absolute Gasteiger partial charge is 0.225 e. The van der Waals surface area contributed by atoms with Crippen molar-refractivity contribution in [3.8, 4) is 11.3 Å². The molecule has 0 amide bonds. The highest BCUT2D eigenvalue weighted by atomic mass is 35.5. The molecule has 0 aliphatic carbocycles. The van der Waals surface area contributed by atoms with E-state index in [-0.39, 0.29) is 0 Å². The molecule has 0 atom stereocenters. The van der Waals surface area contributed by atoms with Gasteiger partial charge in [-0.15, -0.1) is 0 Å². The molecule has 0 aliphatic heterocycles. The van der Waals surface area contributed by atoms with Gasteiger partial charge in [0.25, 0.3) is 0 Å². The highest BCUT2D eigenvalue weighted by Crippen LogP contribution is 2.27. The minimum Gasteiger partial charge on any atom is -0.383 e.